The van der Waals surface area contributed by atoms with Crippen molar-refractivity contribution in [2.45, 2.75) is 19.8 Å². The van der Waals surface area contributed by atoms with Crippen LogP contribution in [0.2, 0.25) is 0 Å². The molecule has 1 saturated carbocycles. The van der Waals surface area contributed by atoms with Gasteiger partial charge in [0.25, 0.3) is 11.8 Å². The lowest BCUT2D eigenvalue weighted by Gasteiger charge is -2.07. The van der Waals surface area contributed by atoms with Gasteiger partial charge in [-0.25, -0.2) is 0 Å². The van der Waals surface area contributed by atoms with Crippen LogP contribution >= 0.6 is 0 Å². The lowest BCUT2D eigenvalue weighted by molar-refractivity contribution is -0.123. The van der Waals surface area contributed by atoms with Gasteiger partial charge in [-0.15, -0.1) is 0 Å². The van der Waals surface area contributed by atoms with E-state index in [2.05, 4.69) is 15.5 Å². The Bertz CT molecular complexity index is 913. The van der Waals surface area contributed by atoms with E-state index in [1.807, 2.05) is 43.3 Å². The van der Waals surface area contributed by atoms with Crippen LogP contribution in [-0.4, -0.2) is 29.2 Å². The number of carbonyl (C=O) groups is 1. The molecule has 1 amide bonds. The molecule has 1 heterocycles. The fourth-order valence-electron chi connectivity index (χ4n) is 2.63. The maximum absolute atomic E-state index is 11.7. The predicted octanol–water partition coefficient (Wildman–Crippen LogP) is 3.62. The number of carbonyl (C=O) groups excluding carboxylic acids is 1. The van der Waals surface area contributed by atoms with Crippen molar-refractivity contribution in [2.24, 2.45) is 5.92 Å². The smallest absolute Gasteiger partial charge is 0.258 e. The quantitative estimate of drug-likeness (QED) is 0.694. The minimum atomic E-state index is -0.0920. The van der Waals surface area contributed by atoms with E-state index in [0.717, 1.165) is 17.7 Å². The van der Waals surface area contributed by atoms with Crippen LogP contribution in [0.3, 0.4) is 0 Å². The maximum Gasteiger partial charge on any atom is 0.258 e. The molecule has 0 atom stereocenters. The minimum absolute atomic E-state index is 0.0181. The molecule has 1 aromatic heterocycles. The Morgan fingerprint density at radius 2 is 1.81 bits per heavy atom. The van der Waals surface area contributed by atoms with Crippen molar-refractivity contribution >= 4 is 5.91 Å². The number of nitrogens with zero attached hydrogens (tertiary/aromatic N) is 2. The summed E-state index contributed by atoms with van der Waals surface area (Å²) in [7, 11) is 0. The molecule has 0 spiro atoms. The number of benzene rings is 2. The third kappa shape index (κ3) is 4.53. The molecule has 6 nitrogen and oxygen atoms in total. The molecule has 1 aliphatic carbocycles. The molecule has 0 aliphatic heterocycles. The number of aryl methyl sites for hydroxylation is 1. The number of nitrogens with one attached hydrogen (secondary N) is 1. The normalized spacial score (nSPS) is 13.4. The highest BCUT2D eigenvalue weighted by atomic mass is 16.5. The summed E-state index contributed by atoms with van der Waals surface area (Å²) in [6, 6.07) is 15.2. The summed E-state index contributed by atoms with van der Waals surface area (Å²) in [5.41, 5.74) is 2.89. The molecular weight excluding hydrogens is 342 g/mol. The monoisotopic (exact) mass is 363 g/mol. The van der Waals surface area contributed by atoms with Crippen LogP contribution < -0.4 is 10.1 Å². The van der Waals surface area contributed by atoms with Crippen LogP contribution in [0, 0.1) is 12.8 Å². The first-order chi connectivity index (χ1) is 13.2. The Hall–Kier alpha value is -3.15. The van der Waals surface area contributed by atoms with Crippen molar-refractivity contribution in [3.8, 4) is 28.6 Å². The van der Waals surface area contributed by atoms with Crippen LogP contribution in [0.25, 0.3) is 22.8 Å². The van der Waals surface area contributed by atoms with Crippen molar-refractivity contribution < 1.29 is 14.1 Å². The first kappa shape index (κ1) is 17.3. The Labute approximate surface area is 157 Å². The predicted molar refractivity (Wildman–Crippen MR) is 101 cm³/mol. The van der Waals surface area contributed by atoms with E-state index in [1.165, 1.54) is 18.4 Å². The number of hydrogen-bond acceptors (Lipinski definition) is 5. The van der Waals surface area contributed by atoms with Gasteiger partial charge in [0.1, 0.15) is 5.75 Å². The van der Waals surface area contributed by atoms with Crippen molar-refractivity contribution in [1.29, 1.82) is 0 Å². The van der Waals surface area contributed by atoms with E-state index in [1.54, 1.807) is 12.1 Å². The van der Waals surface area contributed by atoms with E-state index in [4.69, 9.17) is 9.26 Å². The first-order valence-electron chi connectivity index (χ1n) is 9.08. The summed E-state index contributed by atoms with van der Waals surface area (Å²) < 4.78 is 10.9. The van der Waals surface area contributed by atoms with Gasteiger partial charge in [-0.3, -0.25) is 4.79 Å². The van der Waals surface area contributed by atoms with Gasteiger partial charge in [0.05, 0.1) is 0 Å². The zero-order valence-electron chi connectivity index (χ0n) is 15.1. The molecule has 6 heteroatoms. The SMILES string of the molecule is Cc1ccc(-c2noc(-c3ccc(OCC(=O)NCC4CC4)cc3)n2)cc1. The lowest BCUT2D eigenvalue weighted by Crippen LogP contribution is -2.30. The molecule has 1 fully saturated rings. The van der Waals surface area contributed by atoms with Crippen molar-refractivity contribution in [3.05, 3.63) is 54.1 Å². The molecular formula is C21H21N3O3. The zero-order valence-corrected chi connectivity index (χ0v) is 15.1. The molecule has 0 radical (unpaired) electrons. The molecule has 1 aliphatic rings. The third-order valence-electron chi connectivity index (χ3n) is 4.49. The largest absolute Gasteiger partial charge is 0.484 e. The van der Waals surface area contributed by atoms with Crippen LogP contribution in [0.5, 0.6) is 5.75 Å². The molecule has 138 valence electrons. The highest BCUT2D eigenvalue weighted by molar-refractivity contribution is 5.77. The fourth-order valence-corrected chi connectivity index (χ4v) is 2.63. The summed E-state index contributed by atoms with van der Waals surface area (Å²) in [6.45, 7) is 2.80. The summed E-state index contributed by atoms with van der Waals surface area (Å²) in [5, 5.41) is 6.92. The van der Waals surface area contributed by atoms with Crippen molar-refractivity contribution in [3.63, 3.8) is 0 Å². The van der Waals surface area contributed by atoms with E-state index in [-0.39, 0.29) is 12.5 Å². The number of aromatic nitrogens is 2. The Balaban J connectivity index is 1.35. The van der Waals surface area contributed by atoms with Gasteiger partial charge >= 0.3 is 0 Å². The Kier molecular flexibility index (Phi) is 4.87. The van der Waals surface area contributed by atoms with E-state index in [0.29, 0.717) is 23.4 Å². The van der Waals surface area contributed by atoms with Gasteiger partial charge in [0, 0.05) is 17.7 Å². The van der Waals surface area contributed by atoms with E-state index < -0.39 is 0 Å². The van der Waals surface area contributed by atoms with Gasteiger partial charge in [-0.2, -0.15) is 4.98 Å². The summed E-state index contributed by atoms with van der Waals surface area (Å²) in [4.78, 5) is 16.2. The molecule has 4 rings (SSSR count). The second-order valence-electron chi connectivity index (χ2n) is 6.85. The van der Waals surface area contributed by atoms with Crippen LogP contribution in [0.15, 0.2) is 53.1 Å². The number of rotatable bonds is 7. The maximum atomic E-state index is 11.7. The Morgan fingerprint density at radius 1 is 1.11 bits per heavy atom. The highest BCUT2D eigenvalue weighted by Gasteiger charge is 2.21. The average Bonchev–Trinajstić information content (AvgIpc) is 3.40. The van der Waals surface area contributed by atoms with Crippen LogP contribution in [0.4, 0.5) is 0 Å². The van der Waals surface area contributed by atoms with Crippen molar-refractivity contribution in [1.82, 2.24) is 15.5 Å². The summed E-state index contributed by atoms with van der Waals surface area (Å²) >= 11 is 0. The topological polar surface area (TPSA) is 77.2 Å². The summed E-state index contributed by atoms with van der Waals surface area (Å²) in [5.74, 6) is 2.19. The number of hydrogen-bond donors (Lipinski definition) is 1. The summed E-state index contributed by atoms with van der Waals surface area (Å²) in [6.07, 6.45) is 2.42. The van der Waals surface area contributed by atoms with E-state index >= 15 is 0 Å². The molecule has 2 aromatic carbocycles. The molecule has 0 unspecified atom stereocenters. The number of amides is 1. The molecule has 1 N–H and O–H groups in total. The van der Waals surface area contributed by atoms with E-state index in [9.17, 15) is 4.79 Å². The second-order valence-corrected chi connectivity index (χ2v) is 6.85. The highest BCUT2D eigenvalue weighted by Crippen LogP contribution is 2.27. The second kappa shape index (κ2) is 7.61. The first-order valence-corrected chi connectivity index (χ1v) is 9.08. The fraction of sp³-hybridized carbons (Fsp3) is 0.286. The molecule has 0 bridgehead atoms. The zero-order chi connectivity index (χ0) is 18.6. The third-order valence-corrected chi connectivity index (χ3v) is 4.49. The standard InChI is InChI=1S/C21H21N3O3/c1-14-2-6-16(7-3-14)20-23-21(27-24-20)17-8-10-18(11-9-17)26-13-19(25)22-12-15-4-5-15/h2-3,6-11,15H,4-5,12-13H2,1H3,(H,22,25). The number of ether oxygens (including phenoxy) is 1. The van der Waals surface area contributed by atoms with Gasteiger partial charge < -0.3 is 14.6 Å². The molecule has 27 heavy (non-hydrogen) atoms. The molecule has 0 saturated heterocycles. The Morgan fingerprint density at radius 3 is 2.52 bits per heavy atom. The average molecular weight is 363 g/mol. The van der Waals surface area contributed by atoms with Crippen LogP contribution in [-0.2, 0) is 4.79 Å². The van der Waals surface area contributed by atoms with Crippen molar-refractivity contribution in [2.75, 3.05) is 13.2 Å². The molecule has 3 aromatic rings. The minimum Gasteiger partial charge on any atom is -0.484 e. The lowest BCUT2D eigenvalue weighted by atomic mass is 10.1. The van der Waals surface area contributed by atoms with Gasteiger partial charge in [-0.1, -0.05) is 35.0 Å². The van der Waals surface area contributed by atoms with Gasteiger partial charge in [0.2, 0.25) is 5.82 Å². The van der Waals surface area contributed by atoms with Gasteiger partial charge in [0.15, 0.2) is 6.61 Å². The van der Waals surface area contributed by atoms with Gasteiger partial charge in [-0.05, 0) is 49.9 Å². The van der Waals surface area contributed by atoms with Crippen LogP contribution in [0.1, 0.15) is 18.4 Å².